The molecule has 0 aliphatic rings. The highest BCUT2D eigenvalue weighted by atomic mass is 35.5. The van der Waals surface area contributed by atoms with E-state index < -0.39 is 9.84 Å². The van der Waals surface area contributed by atoms with Crippen LogP contribution in [0.1, 0.15) is 5.56 Å². The van der Waals surface area contributed by atoms with Crippen molar-refractivity contribution in [2.75, 3.05) is 5.73 Å². The van der Waals surface area contributed by atoms with Gasteiger partial charge in [0.15, 0.2) is 9.84 Å². The Kier molecular flexibility index (Phi) is 3.99. The third-order valence-electron chi connectivity index (χ3n) is 2.50. The van der Waals surface area contributed by atoms with E-state index in [1.807, 2.05) is 0 Å². The van der Waals surface area contributed by atoms with Crippen molar-refractivity contribution in [2.24, 2.45) is 0 Å². The first-order chi connectivity index (χ1) is 8.90. The molecule has 1 aromatic heterocycles. The van der Waals surface area contributed by atoms with E-state index in [2.05, 4.69) is 4.98 Å². The van der Waals surface area contributed by atoms with Gasteiger partial charge in [0.2, 0.25) is 0 Å². The van der Waals surface area contributed by atoms with E-state index in [4.69, 9.17) is 28.9 Å². The van der Waals surface area contributed by atoms with Gasteiger partial charge in [0, 0.05) is 16.2 Å². The maximum atomic E-state index is 12.3. The first-order valence-corrected chi connectivity index (χ1v) is 7.67. The molecule has 0 amide bonds. The lowest BCUT2D eigenvalue weighted by Crippen LogP contribution is -2.08. The molecule has 7 heteroatoms. The average molecular weight is 317 g/mol. The average Bonchev–Trinajstić information content (AvgIpc) is 2.34. The van der Waals surface area contributed by atoms with Crippen LogP contribution >= 0.6 is 23.2 Å². The van der Waals surface area contributed by atoms with Crippen LogP contribution in [-0.2, 0) is 15.6 Å². The lowest BCUT2D eigenvalue weighted by atomic mass is 10.2. The third kappa shape index (κ3) is 3.18. The molecule has 0 saturated heterocycles. The second-order valence-corrected chi connectivity index (χ2v) is 6.71. The summed E-state index contributed by atoms with van der Waals surface area (Å²) in [6.07, 6.45) is 2.68. The summed E-state index contributed by atoms with van der Waals surface area (Å²) in [5.41, 5.74) is 6.17. The van der Waals surface area contributed by atoms with Gasteiger partial charge in [0.25, 0.3) is 0 Å². The zero-order valence-corrected chi connectivity index (χ0v) is 12.0. The fraction of sp³-hybridized carbons (Fsp3) is 0.0833. The second kappa shape index (κ2) is 5.36. The van der Waals surface area contributed by atoms with Crippen LogP contribution in [0, 0.1) is 0 Å². The first kappa shape index (κ1) is 14.1. The van der Waals surface area contributed by atoms with Crippen LogP contribution < -0.4 is 5.73 Å². The van der Waals surface area contributed by atoms with E-state index in [1.165, 1.54) is 24.5 Å². The van der Waals surface area contributed by atoms with E-state index >= 15 is 0 Å². The Morgan fingerprint density at radius 3 is 2.63 bits per heavy atom. The summed E-state index contributed by atoms with van der Waals surface area (Å²) < 4.78 is 24.6. The predicted octanol–water partition coefficient (Wildman–Crippen LogP) is 2.94. The van der Waals surface area contributed by atoms with Crippen molar-refractivity contribution in [3.05, 3.63) is 52.3 Å². The standard InChI is InChI=1S/C12H10Cl2N2O2S/c13-9-1-2-10(14)8(5-9)7-19(17,18)12-3-4-16-6-11(12)15/h1-6H,7,15H2. The fourth-order valence-electron chi connectivity index (χ4n) is 1.61. The molecule has 0 spiro atoms. The summed E-state index contributed by atoms with van der Waals surface area (Å²) in [5.74, 6) is -0.263. The summed E-state index contributed by atoms with van der Waals surface area (Å²) >= 11 is 11.8. The first-order valence-electron chi connectivity index (χ1n) is 5.26. The highest BCUT2D eigenvalue weighted by molar-refractivity contribution is 7.90. The zero-order valence-electron chi connectivity index (χ0n) is 9.68. The SMILES string of the molecule is Nc1cnccc1S(=O)(=O)Cc1cc(Cl)ccc1Cl. The normalized spacial score (nSPS) is 11.5. The Morgan fingerprint density at radius 1 is 1.21 bits per heavy atom. The Morgan fingerprint density at radius 2 is 1.95 bits per heavy atom. The molecular formula is C12H10Cl2N2O2S. The van der Waals surface area contributed by atoms with Crippen LogP contribution in [0.5, 0.6) is 0 Å². The van der Waals surface area contributed by atoms with E-state index in [1.54, 1.807) is 12.1 Å². The molecule has 2 aromatic rings. The number of rotatable bonds is 3. The molecule has 2 rings (SSSR count). The van der Waals surface area contributed by atoms with Crippen molar-refractivity contribution in [1.29, 1.82) is 0 Å². The third-order valence-corrected chi connectivity index (χ3v) is 4.84. The largest absolute Gasteiger partial charge is 0.396 e. The number of hydrogen-bond donors (Lipinski definition) is 1. The summed E-state index contributed by atoms with van der Waals surface area (Å²) in [6.45, 7) is 0. The quantitative estimate of drug-likeness (QED) is 0.944. The minimum atomic E-state index is -3.59. The molecule has 0 fully saturated rings. The number of halogens is 2. The highest BCUT2D eigenvalue weighted by Gasteiger charge is 2.19. The number of aromatic nitrogens is 1. The summed E-state index contributed by atoms with van der Waals surface area (Å²) in [7, 11) is -3.59. The maximum Gasteiger partial charge on any atom is 0.184 e. The Labute approximate surface area is 121 Å². The zero-order chi connectivity index (χ0) is 14.0. The smallest absolute Gasteiger partial charge is 0.184 e. The molecular weight excluding hydrogens is 307 g/mol. The monoisotopic (exact) mass is 316 g/mol. The minimum Gasteiger partial charge on any atom is -0.396 e. The Balaban J connectivity index is 2.43. The van der Waals surface area contributed by atoms with Gasteiger partial charge in [-0.05, 0) is 29.8 Å². The van der Waals surface area contributed by atoms with Crippen LogP contribution in [0.2, 0.25) is 10.0 Å². The fourth-order valence-corrected chi connectivity index (χ4v) is 3.56. The molecule has 4 nitrogen and oxygen atoms in total. The van der Waals surface area contributed by atoms with Gasteiger partial charge in [-0.15, -0.1) is 0 Å². The van der Waals surface area contributed by atoms with Crippen molar-refractivity contribution >= 4 is 38.7 Å². The van der Waals surface area contributed by atoms with E-state index in [-0.39, 0.29) is 16.3 Å². The van der Waals surface area contributed by atoms with Gasteiger partial charge in [-0.2, -0.15) is 0 Å². The number of anilines is 1. The summed E-state index contributed by atoms with van der Waals surface area (Å²) in [5, 5.41) is 0.776. The number of sulfone groups is 1. The Hall–Kier alpha value is -1.30. The highest BCUT2D eigenvalue weighted by Crippen LogP contribution is 2.26. The van der Waals surface area contributed by atoms with E-state index in [9.17, 15) is 8.42 Å². The van der Waals surface area contributed by atoms with E-state index in [0.717, 1.165) is 0 Å². The number of benzene rings is 1. The van der Waals surface area contributed by atoms with Crippen molar-refractivity contribution in [3.63, 3.8) is 0 Å². The summed E-state index contributed by atoms with van der Waals surface area (Å²) in [6, 6.07) is 6.05. The number of hydrogen-bond acceptors (Lipinski definition) is 4. The van der Waals surface area contributed by atoms with Gasteiger partial charge in [-0.3, -0.25) is 4.98 Å². The van der Waals surface area contributed by atoms with E-state index in [0.29, 0.717) is 15.6 Å². The molecule has 0 bridgehead atoms. The van der Waals surface area contributed by atoms with Gasteiger partial charge in [0.1, 0.15) is 0 Å². The molecule has 0 radical (unpaired) electrons. The molecule has 1 heterocycles. The number of nitrogen functional groups attached to an aromatic ring is 1. The van der Waals surface area contributed by atoms with Gasteiger partial charge >= 0.3 is 0 Å². The Bertz CT molecular complexity index is 717. The van der Waals surface area contributed by atoms with Crippen molar-refractivity contribution in [2.45, 2.75) is 10.6 Å². The van der Waals surface area contributed by atoms with Crippen LogP contribution in [-0.4, -0.2) is 13.4 Å². The lowest BCUT2D eigenvalue weighted by molar-refractivity contribution is 0.595. The van der Waals surface area contributed by atoms with Gasteiger partial charge < -0.3 is 5.73 Å². The molecule has 0 aliphatic carbocycles. The number of pyridine rings is 1. The molecule has 1 aromatic carbocycles. The maximum absolute atomic E-state index is 12.3. The van der Waals surface area contributed by atoms with Gasteiger partial charge in [0.05, 0.1) is 22.5 Å². The number of nitrogens with zero attached hydrogens (tertiary/aromatic N) is 1. The molecule has 100 valence electrons. The van der Waals surface area contributed by atoms with Gasteiger partial charge in [-0.25, -0.2) is 8.42 Å². The van der Waals surface area contributed by atoms with Crippen LogP contribution in [0.15, 0.2) is 41.6 Å². The molecule has 0 saturated carbocycles. The van der Waals surface area contributed by atoms with Gasteiger partial charge in [-0.1, -0.05) is 23.2 Å². The predicted molar refractivity (Wildman–Crippen MR) is 76.0 cm³/mol. The summed E-state index contributed by atoms with van der Waals surface area (Å²) in [4.78, 5) is 3.80. The van der Waals surface area contributed by atoms with Crippen molar-refractivity contribution in [3.8, 4) is 0 Å². The molecule has 0 atom stereocenters. The molecule has 19 heavy (non-hydrogen) atoms. The van der Waals surface area contributed by atoms with Crippen LogP contribution in [0.25, 0.3) is 0 Å². The molecule has 0 aliphatic heterocycles. The second-order valence-electron chi connectivity index (χ2n) is 3.91. The lowest BCUT2D eigenvalue weighted by Gasteiger charge is -2.08. The van der Waals surface area contributed by atoms with Crippen molar-refractivity contribution < 1.29 is 8.42 Å². The van der Waals surface area contributed by atoms with Crippen molar-refractivity contribution in [1.82, 2.24) is 4.98 Å². The number of nitrogens with two attached hydrogens (primary N) is 1. The topological polar surface area (TPSA) is 73.0 Å². The minimum absolute atomic E-state index is 0.0403. The molecule has 0 unspecified atom stereocenters. The molecule has 2 N–H and O–H groups in total. The van der Waals surface area contributed by atoms with Crippen LogP contribution in [0.4, 0.5) is 5.69 Å². The van der Waals surface area contributed by atoms with Crippen LogP contribution in [0.3, 0.4) is 0 Å².